The van der Waals surface area contributed by atoms with Crippen LogP contribution < -0.4 is 0 Å². The van der Waals surface area contributed by atoms with E-state index in [1.807, 2.05) is 24.3 Å². The molecule has 0 heterocycles. The minimum Gasteiger partial charge on any atom is -0.396 e. The van der Waals surface area contributed by atoms with Gasteiger partial charge >= 0.3 is 0 Å². The van der Waals surface area contributed by atoms with Crippen LogP contribution in [0, 0.1) is 11.3 Å². The highest BCUT2D eigenvalue weighted by Crippen LogP contribution is 2.08. The Hall–Kier alpha value is -1.63. The van der Waals surface area contributed by atoms with Crippen molar-refractivity contribution in [3.05, 3.63) is 48.0 Å². The van der Waals surface area contributed by atoms with Gasteiger partial charge in [0.15, 0.2) is 0 Å². The minimum atomic E-state index is 0.200. The maximum Gasteiger partial charge on any atom is 0.0991 e. The summed E-state index contributed by atoms with van der Waals surface area (Å²) in [5.41, 5.74) is 1.80. The van der Waals surface area contributed by atoms with Gasteiger partial charge in [-0.1, -0.05) is 18.2 Å². The molecule has 0 aliphatic heterocycles. The summed E-state index contributed by atoms with van der Waals surface area (Å²) in [4.78, 5) is 2.19. The van der Waals surface area contributed by atoms with E-state index in [0.717, 1.165) is 31.6 Å². The molecule has 3 heteroatoms. The molecule has 0 aromatic heterocycles. The number of hydrogen-bond donors (Lipinski definition) is 1. The highest BCUT2D eigenvalue weighted by molar-refractivity contribution is 5.32. The first-order chi connectivity index (χ1) is 8.30. The predicted molar refractivity (Wildman–Crippen MR) is 68.3 cm³/mol. The van der Waals surface area contributed by atoms with Crippen LogP contribution in [0.4, 0.5) is 0 Å². The normalized spacial score (nSPS) is 10.2. The van der Waals surface area contributed by atoms with Gasteiger partial charge in [-0.3, -0.25) is 4.90 Å². The third-order valence-electron chi connectivity index (χ3n) is 2.48. The van der Waals surface area contributed by atoms with E-state index in [1.165, 1.54) is 0 Å². The zero-order valence-corrected chi connectivity index (χ0v) is 9.97. The monoisotopic (exact) mass is 230 g/mol. The van der Waals surface area contributed by atoms with Gasteiger partial charge in [0.05, 0.1) is 11.6 Å². The van der Waals surface area contributed by atoms with Crippen molar-refractivity contribution in [1.82, 2.24) is 4.90 Å². The van der Waals surface area contributed by atoms with E-state index < -0.39 is 0 Å². The maximum atomic E-state index is 8.84. The minimum absolute atomic E-state index is 0.200. The molecule has 1 rings (SSSR count). The number of benzene rings is 1. The van der Waals surface area contributed by atoms with E-state index in [4.69, 9.17) is 10.4 Å². The fraction of sp³-hybridized carbons (Fsp3) is 0.357. The molecule has 0 bridgehead atoms. The van der Waals surface area contributed by atoms with Gasteiger partial charge in [-0.2, -0.15) is 5.26 Å². The molecule has 1 aromatic rings. The molecule has 17 heavy (non-hydrogen) atoms. The van der Waals surface area contributed by atoms with Crippen molar-refractivity contribution in [1.29, 1.82) is 5.26 Å². The Balaban J connectivity index is 2.64. The van der Waals surface area contributed by atoms with Crippen molar-refractivity contribution in [2.75, 3.05) is 19.7 Å². The van der Waals surface area contributed by atoms with Crippen LogP contribution in [0.2, 0.25) is 0 Å². The summed E-state index contributed by atoms with van der Waals surface area (Å²) >= 11 is 0. The summed E-state index contributed by atoms with van der Waals surface area (Å²) in [6.45, 7) is 6.33. The molecule has 0 saturated heterocycles. The molecule has 0 spiro atoms. The fourth-order valence-corrected chi connectivity index (χ4v) is 1.71. The molecule has 0 saturated carbocycles. The van der Waals surface area contributed by atoms with Gasteiger partial charge in [-0.25, -0.2) is 0 Å². The Kier molecular flexibility index (Phi) is 6.02. The first kappa shape index (κ1) is 13.4. The highest BCUT2D eigenvalue weighted by atomic mass is 16.3. The summed E-state index contributed by atoms with van der Waals surface area (Å²) in [6, 6.07) is 9.74. The second-order valence-electron chi connectivity index (χ2n) is 3.91. The van der Waals surface area contributed by atoms with Crippen LogP contribution in [0.15, 0.2) is 36.9 Å². The van der Waals surface area contributed by atoms with Gasteiger partial charge in [0, 0.05) is 26.2 Å². The van der Waals surface area contributed by atoms with Gasteiger partial charge in [0.2, 0.25) is 0 Å². The molecule has 1 N–H and O–H groups in total. The van der Waals surface area contributed by atoms with Crippen LogP contribution in [0.1, 0.15) is 17.5 Å². The summed E-state index contributed by atoms with van der Waals surface area (Å²) in [7, 11) is 0. The van der Waals surface area contributed by atoms with Crippen molar-refractivity contribution < 1.29 is 5.11 Å². The molecule has 1 aromatic carbocycles. The molecule has 0 atom stereocenters. The van der Waals surface area contributed by atoms with Gasteiger partial charge in [-0.05, 0) is 24.1 Å². The van der Waals surface area contributed by atoms with Crippen LogP contribution >= 0.6 is 0 Å². The second kappa shape index (κ2) is 7.61. The molecule has 0 radical (unpaired) electrons. The lowest BCUT2D eigenvalue weighted by Crippen LogP contribution is -2.25. The molecular weight excluding hydrogens is 212 g/mol. The number of aliphatic hydroxyl groups excluding tert-OH is 1. The van der Waals surface area contributed by atoms with E-state index in [2.05, 4.69) is 17.5 Å². The van der Waals surface area contributed by atoms with Gasteiger partial charge < -0.3 is 5.11 Å². The van der Waals surface area contributed by atoms with Crippen LogP contribution in [0.25, 0.3) is 0 Å². The quantitative estimate of drug-likeness (QED) is 0.728. The van der Waals surface area contributed by atoms with Crippen molar-refractivity contribution in [2.24, 2.45) is 0 Å². The van der Waals surface area contributed by atoms with Crippen molar-refractivity contribution in [3.63, 3.8) is 0 Å². The Morgan fingerprint density at radius 1 is 1.47 bits per heavy atom. The molecule has 0 aliphatic rings. The fourth-order valence-electron chi connectivity index (χ4n) is 1.71. The lowest BCUT2D eigenvalue weighted by Gasteiger charge is -2.20. The Labute approximate surface area is 103 Å². The number of hydrogen-bond acceptors (Lipinski definition) is 3. The summed E-state index contributed by atoms with van der Waals surface area (Å²) in [5.74, 6) is 0. The third-order valence-corrected chi connectivity index (χ3v) is 2.48. The molecule has 0 amide bonds. The molecular formula is C14H18N2O. The second-order valence-corrected chi connectivity index (χ2v) is 3.91. The van der Waals surface area contributed by atoms with Crippen molar-refractivity contribution >= 4 is 0 Å². The number of rotatable bonds is 7. The molecule has 0 fully saturated rings. The number of aliphatic hydroxyl groups is 1. The standard InChI is InChI=1S/C14H18N2O/c1-2-7-16(8-4-9-17)12-14-6-3-5-13(10-14)11-15/h2-3,5-6,10,17H,1,4,7-9,12H2. The van der Waals surface area contributed by atoms with E-state index in [9.17, 15) is 0 Å². The lowest BCUT2D eigenvalue weighted by atomic mass is 10.1. The number of nitriles is 1. The smallest absolute Gasteiger partial charge is 0.0991 e. The van der Waals surface area contributed by atoms with E-state index in [1.54, 1.807) is 6.07 Å². The summed E-state index contributed by atoms with van der Waals surface area (Å²) < 4.78 is 0. The first-order valence-corrected chi connectivity index (χ1v) is 5.73. The highest BCUT2D eigenvalue weighted by Gasteiger charge is 2.04. The summed E-state index contributed by atoms with van der Waals surface area (Å²) in [6.07, 6.45) is 2.61. The largest absolute Gasteiger partial charge is 0.396 e. The molecule has 3 nitrogen and oxygen atoms in total. The average Bonchev–Trinajstić information content (AvgIpc) is 2.36. The van der Waals surface area contributed by atoms with Gasteiger partial charge in [0.1, 0.15) is 0 Å². The zero-order valence-electron chi connectivity index (χ0n) is 9.97. The van der Waals surface area contributed by atoms with E-state index in [0.29, 0.717) is 5.56 Å². The molecule has 0 unspecified atom stereocenters. The van der Waals surface area contributed by atoms with E-state index in [-0.39, 0.29) is 6.61 Å². The van der Waals surface area contributed by atoms with Crippen LogP contribution in [0.3, 0.4) is 0 Å². The topological polar surface area (TPSA) is 47.3 Å². The Bertz CT molecular complexity index is 395. The zero-order chi connectivity index (χ0) is 12.5. The first-order valence-electron chi connectivity index (χ1n) is 5.73. The third kappa shape index (κ3) is 4.81. The van der Waals surface area contributed by atoms with Gasteiger partial charge in [-0.15, -0.1) is 6.58 Å². The van der Waals surface area contributed by atoms with Crippen LogP contribution in [-0.4, -0.2) is 29.7 Å². The molecule has 90 valence electrons. The van der Waals surface area contributed by atoms with Crippen molar-refractivity contribution in [2.45, 2.75) is 13.0 Å². The summed E-state index contributed by atoms with van der Waals surface area (Å²) in [5, 5.41) is 17.7. The number of nitrogens with zero attached hydrogens (tertiary/aromatic N) is 2. The lowest BCUT2D eigenvalue weighted by molar-refractivity contribution is 0.232. The van der Waals surface area contributed by atoms with Crippen LogP contribution in [-0.2, 0) is 6.54 Å². The maximum absolute atomic E-state index is 8.84. The Morgan fingerprint density at radius 2 is 2.29 bits per heavy atom. The van der Waals surface area contributed by atoms with Crippen LogP contribution in [0.5, 0.6) is 0 Å². The Morgan fingerprint density at radius 3 is 2.94 bits per heavy atom. The van der Waals surface area contributed by atoms with Gasteiger partial charge in [0.25, 0.3) is 0 Å². The van der Waals surface area contributed by atoms with E-state index >= 15 is 0 Å². The SMILES string of the molecule is C=CCN(CCCO)Cc1cccc(C#N)c1. The average molecular weight is 230 g/mol. The molecule has 0 aliphatic carbocycles. The predicted octanol–water partition coefficient (Wildman–Crippen LogP) is 1.93. The van der Waals surface area contributed by atoms with Crippen molar-refractivity contribution in [3.8, 4) is 6.07 Å².